The number of halogens is 2. The van der Waals surface area contributed by atoms with E-state index in [2.05, 4.69) is 15.9 Å². The first-order chi connectivity index (χ1) is 8.16. The molecule has 0 radical (unpaired) electrons. The summed E-state index contributed by atoms with van der Waals surface area (Å²) in [6.07, 6.45) is 8.51. The Balaban J connectivity index is 1.82. The van der Waals surface area contributed by atoms with Crippen molar-refractivity contribution in [1.29, 1.82) is 0 Å². The summed E-state index contributed by atoms with van der Waals surface area (Å²) in [5.74, 6) is 0.831. The molecule has 1 nitrogen and oxygen atoms in total. The minimum atomic E-state index is -0.342. The Morgan fingerprint density at radius 1 is 1.41 bits per heavy atom. The lowest BCUT2D eigenvalue weighted by atomic mass is 9.85. The lowest BCUT2D eigenvalue weighted by Crippen LogP contribution is -2.08. The number of hydrogen-bond acceptors (Lipinski definition) is 2. The average Bonchev–Trinajstić information content (AvgIpc) is 2.68. The van der Waals surface area contributed by atoms with E-state index in [0.717, 1.165) is 32.4 Å². The highest BCUT2D eigenvalue weighted by Gasteiger charge is 2.17. The van der Waals surface area contributed by atoms with Gasteiger partial charge in [-0.3, -0.25) is 0 Å². The summed E-state index contributed by atoms with van der Waals surface area (Å²) < 4.78 is 1.63. The summed E-state index contributed by atoms with van der Waals surface area (Å²) in [6, 6.07) is 1.94. The average molecular weight is 338 g/mol. The Hall–Kier alpha value is 0.430. The van der Waals surface area contributed by atoms with Crippen LogP contribution in [0.3, 0.4) is 0 Å². The zero-order chi connectivity index (χ0) is 12.3. The van der Waals surface area contributed by atoms with Crippen LogP contribution in [0, 0.1) is 5.92 Å². The SMILES string of the molecule is OC(CCC1CCCCC1)c1cc(Br)c(Cl)s1. The van der Waals surface area contributed by atoms with E-state index in [4.69, 9.17) is 11.6 Å². The lowest BCUT2D eigenvalue weighted by molar-refractivity contribution is 0.154. The van der Waals surface area contributed by atoms with Gasteiger partial charge in [-0.2, -0.15) is 0 Å². The van der Waals surface area contributed by atoms with E-state index >= 15 is 0 Å². The molecule has 1 atom stereocenters. The van der Waals surface area contributed by atoms with Gasteiger partial charge >= 0.3 is 0 Å². The van der Waals surface area contributed by atoms with Gasteiger partial charge in [-0.25, -0.2) is 0 Å². The fraction of sp³-hybridized carbons (Fsp3) is 0.692. The van der Waals surface area contributed by atoms with Crippen LogP contribution in [-0.4, -0.2) is 5.11 Å². The van der Waals surface area contributed by atoms with Crippen LogP contribution in [0.5, 0.6) is 0 Å². The molecule has 1 saturated carbocycles. The smallest absolute Gasteiger partial charge is 0.107 e. The van der Waals surface area contributed by atoms with Crippen molar-refractivity contribution in [1.82, 2.24) is 0 Å². The van der Waals surface area contributed by atoms with E-state index in [1.54, 1.807) is 0 Å². The van der Waals surface area contributed by atoms with E-state index in [-0.39, 0.29) is 6.10 Å². The van der Waals surface area contributed by atoms with Crippen LogP contribution in [0.2, 0.25) is 4.34 Å². The summed E-state index contributed by atoms with van der Waals surface area (Å²) in [7, 11) is 0. The maximum absolute atomic E-state index is 10.1. The zero-order valence-electron chi connectivity index (χ0n) is 9.79. The fourth-order valence-electron chi connectivity index (χ4n) is 2.54. The number of aliphatic hydroxyl groups is 1. The van der Waals surface area contributed by atoms with Crippen molar-refractivity contribution in [2.75, 3.05) is 0 Å². The van der Waals surface area contributed by atoms with Gasteiger partial charge in [0.05, 0.1) is 6.10 Å². The van der Waals surface area contributed by atoms with Crippen LogP contribution in [-0.2, 0) is 0 Å². The normalized spacial score (nSPS) is 19.5. The van der Waals surface area contributed by atoms with Gasteiger partial charge in [0.1, 0.15) is 4.34 Å². The van der Waals surface area contributed by atoms with Crippen LogP contribution < -0.4 is 0 Å². The molecule has 0 aromatic carbocycles. The quantitative estimate of drug-likeness (QED) is 0.762. The minimum Gasteiger partial charge on any atom is -0.388 e. The van der Waals surface area contributed by atoms with E-state index in [1.807, 2.05) is 6.07 Å². The number of hydrogen-bond donors (Lipinski definition) is 1. The molecule has 1 aromatic rings. The van der Waals surface area contributed by atoms with Gasteiger partial charge in [0.15, 0.2) is 0 Å². The van der Waals surface area contributed by atoms with Crippen molar-refractivity contribution in [3.05, 3.63) is 19.8 Å². The molecule has 17 heavy (non-hydrogen) atoms. The van der Waals surface area contributed by atoms with Gasteiger partial charge < -0.3 is 5.11 Å². The maximum Gasteiger partial charge on any atom is 0.107 e. The van der Waals surface area contributed by atoms with E-state index in [9.17, 15) is 5.11 Å². The second-order valence-electron chi connectivity index (χ2n) is 4.87. The predicted molar refractivity (Wildman–Crippen MR) is 77.8 cm³/mol. The molecule has 4 heteroatoms. The summed E-state index contributed by atoms with van der Waals surface area (Å²) in [4.78, 5) is 0.984. The third-order valence-corrected chi connectivity index (χ3v) is 6.14. The number of rotatable bonds is 4. The molecule has 1 heterocycles. The number of aliphatic hydroxyl groups excluding tert-OH is 1. The van der Waals surface area contributed by atoms with Crippen molar-refractivity contribution in [2.24, 2.45) is 5.92 Å². The molecule has 0 amide bonds. The molecule has 0 saturated heterocycles. The van der Waals surface area contributed by atoms with Crippen molar-refractivity contribution >= 4 is 38.9 Å². The molecule has 1 aliphatic rings. The minimum absolute atomic E-state index is 0.342. The molecule has 1 aliphatic carbocycles. The zero-order valence-corrected chi connectivity index (χ0v) is 13.0. The molecule has 0 aliphatic heterocycles. The molecule has 1 unspecified atom stereocenters. The third-order valence-electron chi connectivity index (χ3n) is 3.57. The first-order valence-corrected chi connectivity index (χ1v) is 8.28. The van der Waals surface area contributed by atoms with E-state index in [0.29, 0.717) is 0 Å². The van der Waals surface area contributed by atoms with Crippen molar-refractivity contribution in [3.63, 3.8) is 0 Å². The Morgan fingerprint density at radius 3 is 2.71 bits per heavy atom. The van der Waals surface area contributed by atoms with Crippen molar-refractivity contribution in [2.45, 2.75) is 51.0 Å². The van der Waals surface area contributed by atoms with Crippen LogP contribution in [0.15, 0.2) is 10.5 Å². The highest BCUT2D eigenvalue weighted by Crippen LogP contribution is 2.37. The summed E-state index contributed by atoms with van der Waals surface area (Å²) >= 11 is 10.8. The maximum atomic E-state index is 10.1. The Labute approximate surface area is 120 Å². The summed E-state index contributed by atoms with van der Waals surface area (Å²) in [5, 5.41) is 10.1. The summed E-state index contributed by atoms with van der Waals surface area (Å²) in [5.41, 5.74) is 0. The van der Waals surface area contributed by atoms with Crippen molar-refractivity contribution < 1.29 is 5.11 Å². The monoisotopic (exact) mass is 336 g/mol. The third kappa shape index (κ3) is 3.95. The first kappa shape index (κ1) is 13.9. The molecule has 2 rings (SSSR count). The first-order valence-electron chi connectivity index (χ1n) is 6.29. The van der Waals surface area contributed by atoms with Crippen LogP contribution in [0.25, 0.3) is 0 Å². The molecule has 1 aromatic heterocycles. The van der Waals surface area contributed by atoms with Gasteiger partial charge in [-0.05, 0) is 40.8 Å². The van der Waals surface area contributed by atoms with Crippen LogP contribution in [0.4, 0.5) is 0 Å². The standard InChI is InChI=1S/C13H18BrClOS/c14-10-8-12(17-13(10)15)11(16)7-6-9-4-2-1-3-5-9/h8-9,11,16H,1-7H2. The second kappa shape index (κ2) is 6.55. The van der Waals surface area contributed by atoms with Gasteiger partial charge in [0.2, 0.25) is 0 Å². The molecular formula is C13H18BrClOS. The molecular weight excluding hydrogens is 320 g/mol. The molecule has 1 fully saturated rings. The van der Waals surface area contributed by atoms with Crippen LogP contribution in [0.1, 0.15) is 55.9 Å². The lowest BCUT2D eigenvalue weighted by Gasteiger charge is -2.22. The van der Waals surface area contributed by atoms with E-state index in [1.165, 1.54) is 43.4 Å². The van der Waals surface area contributed by atoms with Gasteiger partial charge in [-0.15, -0.1) is 11.3 Å². The molecule has 1 N–H and O–H groups in total. The predicted octanol–water partition coefficient (Wildman–Crippen LogP) is 5.56. The van der Waals surface area contributed by atoms with Crippen molar-refractivity contribution in [3.8, 4) is 0 Å². The van der Waals surface area contributed by atoms with Gasteiger partial charge in [0, 0.05) is 9.35 Å². The Morgan fingerprint density at radius 2 is 2.12 bits per heavy atom. The topological polar surface area (TPSA) is 20.2 Å². The molecule has 0 bridgehead atoms. The fourth-order valence-corrected chi connectivity index (χ4v) is 4.30. The van der Waals surface area contributed by atoms with Gasteiger partial charge in [0.25, 0.3) is 0 Å². The Kier molecular flexibility index (Phi) is 5.34. The number of thiophene rings is 1. The Bertz CT molecular complexity index is 341. The van der Waals surface area contributed by atoms with Crippen LogP contribution >= 0.6 is 38.9 Å². The largest absolute Gasteiger partial charge is 0.388 e. The highest BCUT2D eigenvalue weighted by molar-refractivity contribution is 9.10. The second-order valence-corrected chi connectivity index (χ2v) is 7.41. The highest BCUT2D eigenvalue weighted by atomic mass is 79.9. The van der Waals surface area contributed by atoms with E-state index < -0.39 is 0 Å². The summed E-state index contributed by atoms with van der Waals surface area (Å²) in [6.45, 7) is 0. The molecule has 0 spiro atoms. The van der Waals surface area contributed by atoms with Gasteiger partial charge in [-0.1, -0.05) is 43.7 Å². The molecule has 96 valence electrons.